The lowest BCUT2D eigenvalue weighted by Gasteiger charge is -2.11. The highest BCUT2D eigenvalue weighted by molar-refractivity contribution is 7.92. The fourth-order valence-corrected chi connectivity index (χ4v) is 3.06. The van der Waals surface area contributed by atoms with Crippen molar-refractivity contribution in [2.75, 3.05) is 4.72 Å². The van der Waals surface area contributed by atoms with E-state index in [-0.39, 0.29) is 28.3 Å². The number of nitrogens with two attached hydrogens (primary N) is 1. The number of nitrogens with one attached hydrogen (secondary N) is 1. The molecule has 0 saturated carbocycles. The topological polar surface area (TPSA) is 72.2 Å². The summed E-state index contributed by atoms with van der Waals surface area (Å²) in [5.74, 6) is -1.09. The standard InChI is InChI=1S/C14H14F2N2O2S/c1-9-5-13(6-10(8-17)14(9)16)21(19,20)18-12-4-2-3-11(15)7-12/h2-7,18H,8,17H2,1H3. The van der Waals surface area contributed by atoms with Gasteiger partial charge in [-0.15, -0.1) is 0 Å². The van der Waals surface area contributed by atoms with E-state index in [1.165, 1.54) is 37.3 Å². The minimum Gasteiger partial charge on any atom is -0.326 e. The summed E-state index contributed by atoms with van der Waals surface area (Å²) in [7, 11) is -3.94. The second-order valence-electron chi connectivity index (χ2n) is 4.53. The highest BCUT2D eigenvalue weighted by Crippen LogP contribution is 2.22. The first-order valence-corrected chi connectivity index (χ1v) is 7.59. The van der Waals surface area contributed by atoms with Crippen molar-refractivity contribution in [2.45, 2.75) is 18.4 Å². The lowest BCUT2D eigenvalue weighted by atomic mass is 10.1. The van der Waals surface area contributed by atoms with Crippen molar-refractivity contribution in [1.82, 2.24) is 0 Å². The summed E-state index contributed by atoms with van der Waals surface area (Å²) in [5, 5.41) is 0. The van der Waals surface area contributed by atoms with Crippen LogP contribution >= 0.6 is 0 Å². The number of benzene rings is 2. The Hall–Kier alpha value is -1.99. The quantitative estimate of drug-likeness (QED) is 0.911. The Morgan fingerprint density at radius 2 is 1.90 bits per heavy atom. The van der Waals surface area contributed by atoms with Crippen molar-refractivity contribution in [3.05, 3.63) is 59.2 Å². The van der Waals surface area contributed by atoms with Gasteiger partial charge in [-0.05, 0) is 42.8 Å². The number of sulfonamides is 1. The molecule has 0 bridgehead atoms. The van der Waals surface area contributed by atoms with Crippen LogP contribution in [0.5, 0.6) is 0 Å². The van der Waals surface area contributed by atoms with Crippen molar-refractivity contribution < 1.29 is 17.2 Å². The molecule has 0 heterocycles. The lowest BCUT2D eigenvalue weighted by Crippen LogP contribution is -2.15. The number of rotatable bonds is 4. The molecular weight excluding hydrogens is 298 g/mol. The van der Waals surface area contributed by atoms with E-state index in [0.717, 1.165) is 6.07 Å². The summed E-state index contributed by atoms with van der Waals surface area (Å²) in [6, 6.07) is 7.43. The van der Waals surface area contributed by atoms with Gasteiger partial charge < -0.3 is 5.73 Å². The molecule has 2 aromatic carbocycles. The average Bonchev–Trinajstić information content (AvgIpc) is 2.41. The molecule has 0 unspecified atom stereocenters. The number of halogens is 2. The van der Waals surface area contributed by atoms with Gasteiger partial charge in [0.2, 0.25) is 0 Å². The zero-order chi connectivity index (χ0) is 15.6. The van der Waals surface area contributed by atoms with Crippen LogP contribution in [-0.2, 0) is 16.6 Å². The van der Waals surface area contributed by atoms with Crippen LogP contribution in [0.25, 0.3) is 0 Å². The van der Waals surface area contributed by atoms with Gasteiger partial charge in [0.05, 0.1) is 10.6 Å². The molecule has 2 rings (SSSR count). The zero-order valence-electron chi connectivity index (χ0n) is 11.2. The smallest absolute Gasteiger partial charge is 0.261 e. The molecule has 0 aliphatic rings. The molecule has 0 aliphatic carbocycles. The second-order valence-corrected chi connectivity index (χ2v) is 6.22. The second kappa shape index (κ2) is 5.79. The Bertz CT molecular complexity index is 777. The Kier molecular flexibility index (Phi) is 4.24. The highest BCUT2D eigenvalue weighted by Gasteiger charge is 2.18. The maximum Gasteiger partial charge on any atom is 0.261 e. The van der Waals surface area contributed by atoms with Crippen molar-refractivity contribution in [3.63, 3.8) is 0 Å². The Morgan fingerprint density at radius 1 is 1.19 bits per heavy atom. The van der Waals surface area contributed by atoms with Crippen LogP contribution in [0.1, 0.15) is 11.1 Å². The Balaban J connectivity index is 2.42. The van der Waals surface area contributed by atoms with Gasteiger partial charge in [0.15, 0.2) is 0 Å². The summed E-state index contributed by atoms with van der Waals surface area (Å²) in [6.45, 7) is 1.34. The fourth-order valence-electron chi connectivity index (χ4n) is 1.88. The summed E-state index contributed by atoms with van der Waals surface area (Å²) in [6.07, 6.45) is 0. The van der Waals surface area contributed by atoms with Crippen LogP contribution in [0.15, 0.2) is 41.3 Å². The number of hydrogen-bond donors (Lipinski definition) is 2. The van der Waals surface area contributed by atoms with Crippen LogP contribution < -0.4 is 10.5 Å². The first kappa shape index (κ1) is 15.4. The third-order valence-electron chi connectivity index (χ3n) is 2.91. The molecular formula is C14H14F2N2O2S. The van der Waals surface area contributed by atoms with E-state index in [9.17, 15) is 17.2 Å². The highest BCUT2D eigenvalue weighted by atomic mass is 32.2. The van der Waals surface area contributed by atoms with Gasteiger partial charge in [-0.25, -0.2) is 17.2 Å². The maximum atomic E-state index is 13.7. The van der Waals surface area contributed by atoms with E-state index in [2.05, 4.69) is 4.72 Å². The minimum atomic E-state index is -3.94. The molecule has 0 atom stereocenters. The summed E-state index contributed by atoms with van der Waals surface area (Å²) >= 11 is 0. The third-order valence-corrected chi connectivity index (χ3v) is 4.27. The summed E-state index contributed by atoms with van der Waals surface area (Å²) in [4.78, 5) is -0.119. The van der Waals surface area contributed by atoms with Crippen LogP contribution in [0.3, 0.4) is 0 Å². The van der Waals surface area contributed by atoms with Gasteiger partial charge in [-0.2, -0.15) is 0 Å². The van der Waals surface area contributed by atoms with Crippen LogP contribution in [0.4, 0.5) is 14.5 Å². The van der Waals surface area contributed by atoms with E-state index in [4.69, 9.17) is 5.73 Å². The molecule has 0 radical (unpaired) electrons. The Labute approximate surface area is 121 Å². The van der Waals surface area contributed by atoms with Gasteiger partial charge in [0, 0.05) is 12.1 Å². The number of aryl methyl sites for hydroxylation is 1. The number of anilines is 1. The molecule has 4 nitrogen and oxygen atoms in total. The first-order valence-electron chi connectivity index (χ1n) is 6.11. The molecule has 0 saturated heterocycles. The van der Waals surface area contributed by atoms with Crippen molar-refractivity contribution >= 4 is 15.7 Å². The predicted molar refractivity (Wildman–Crippen MR) is 76.2 cm³/mol. The molecule has 21 heavy (non-hydrogen) atoms. The molecule has 7 heteroatoms. The van der Waals surface area contributed by atoms with E-state index in [1.807, 2.05) is 0 Å². The summed E-state index contributed by atoms with van der Waals surface area (Å²) in [5.41, 5.74) is 5.77. The van der Waals surface area contributed by atoms with Crippen LogP contribution in [-0.4, -0.2) is 8.42 Å². The van der Waals surface area contributed by atoms with Crippen molar-refractivity contribution in [3.8, 4) is 0 Å². The van der Waals surface area contributed by atoms with Crippen molar-refractivity contribution in [2.24, 2.45) is 5.73 Å². The molecule has 3 N–H and O–H groups in total. The largest absolute Gasteiger partial charge is 0.326 e. The van der Waals surface area contributed by atoms with Crippen molar-refractivity contribution in [1.29, 1.82) is 0 Å². The summed E-state index contributed by atoms with van der Waals surface area (Å²) < 4.78 is 53.5. The lowest BCUT2D eigenvalue weighted by molar-refractivity contribution is 0.591. The molecule has 0 fully saturated rings. The molecule has 0 aliphatic heterocycles. The SMILES string of the molecule is Cc1cc(S(=O)(=O)Nc2cccc(F)c2)cc(CN)c1F. The maximum absolute atomic E-state index is 13.7. The normalized spacial score (nSPS) is 11.4. The average molecular weight is 312 g/mol. The minimum absolute atomic E-state index is 0.0891. The molecule has 0 aromatic heterocycles. The third kappa shape index (κ3) is 3.37. The molecule has 0 spiro atoms. The first-order chi connectivity index (χ1) is 9.83. The predicted octanol–water partition coefficient (Wildman–Crippen LogP) is 2.53. The molecule has 0 amide bonds. The van der Waals surface area contributed by atoms with Gasteiger partial charge >= 0.3 is 0 Å². The van der Waals surface area contributed by atoms with Gasteiger partial charge in [0.1, 0.15) is 11.6 Å². The van der Waals surface area contributed by atoms with Gasteiger partial charge in [-0.1, -0.05) is 6.07 Å². The van der Waals surface area contributed by atoms with E-state index in [1.54, 1.807) is 0 Å². The zero-order valence-corrected chi connectivity index (χ0v) is 12.0. The van der Waals surface area contributed by atoms with E-state index in [0.29, 0.717) is 0 Å². The van der Waals surface area contributed by atoms with Crippen LogP contribution in [0.2, 0.25) is 0 Å². The monoisotopic (exact) mass is 312 g/mol. The van der Waals surface area contributed by atoms with Crippen LogP contribution in [0, 0.1) is 18.6 Å². The van der Waals surface area contributed by atoms with E-state index >= 15 is 0 Å². The fraction of sp³-hybridized carbons (Fsp3) is 0.143. The Morgan fingerprint density at radius 3 is 2.52 bits per heavy atom. The molecule has 2 aromatic rings. The number of hydrogen-bond acceptors (Lipinski definition) is 3. The van der Waals surface area contributed by atoms with E-state index < -0.39 is 21.7 Å². The van der Waals surface area contributed by atoms with Gasteiger partial charge in [0.25, 0.3) is 10.0 Å². The van der Waals surface area contributed by atoms with Gasteiger partial charge in [-0.3, -0.25) is 4.72 Å². The molecule has 112 valence electrons.